The van der Waals surface area contributed by atoms with E-state index in [1.54, 1.807) is 23.1 Å². The first-order valence-corrected chi connectivity index (χ1v) is 12.7. The summed E-state index contributed by atoms with van der Waals surface area (Å²) in [6.45, 7) is 5.48. The number of hydrogen-bond donors (Lipinski definition) is 3. The van der Waals surface area contributed by atoms with Crippen LogP contribution in [0.4, 0.5) is 0 Å². The molecule has 0 spiro atoms. The molecule has 2 aromatic heterocycles. The van der Waals surface area contributed by atoms with Crippen LogP contribution in [0.25, 0.3) is 12.0 Å². The number of hydrogen-bond acceptors (Lipinski definition) is 7. The van der Waals surface area contributed by atoms with Crippen LogP contribution in [0.2, 0.25) is 0 Å². The lowest BCUT2D eigenvalue weighted by Crippen LogP contribution is -2.63. The summed E-state index contributed by atoms with van der Waals surface area (Å²) in [7, 11) is 0. The molecule has 0 radical (unpaired) electrons. The Labute approximate surface area is 205 Å². The van der Waals surface area contributed by atoms with Gasteiger partial charge in [0.2, 0.25) is 0 Å². The second-order valence-corrected chi connectivity index (χ2v) is 11.8. The van der Waals surface area contributed by atoms with Crippen molar-refractivity contribution >= 4 is 11.9 Å². The number of rotatable bonds is 3. The molecule has 186 valence electrons. The van der Waals surface area contributed by atoms with Gasteiger partial charge in [-0.15, -0.1) is 0 Å². The third kappa shape index (κ3) is 2.84. The van der Waals surface area contributed by atoms with E-state index in [-0.39, 0.29) is 29.1 Å². The zero-order chi connectivity index (χ0) is 24.8. The predicted molar refractivity (Wildman–Crippen MR) is 128 cm³/mol. The molecule has 3 fully saturated rings. The van der Waals surface area contributed by atoms with E-state index < -0.39 is 29.5 Å². The van der Waals surface area contributed by atoms with E-state index in [1.807, 2.05) is 20.0 Å². The minimum absolute atomic E-state index is 0.0313. The van der Waals surface area contributed by atoms with Crippen molar-refractivity contribution < 1.29 is 20.1 Å². The van der Waals surface area contributed by atoms with E-state index >= 15 is 0 Å². The van der Waals surface area contributed by atoms with Crippen molar-refractivity contribution in [3.8, 4) is 5.95 Å². The molecule has 2 heterocycles. The molecule has 3 saturated carbocycles. The van der Waals surface area contributed by atoms with Crippen LogP contribution in [0.1, 0.15) is 57.7 Å². The molecule has 0 unspecified atom stereocenters. The van der Waals surface area contributed by atoms with E-state index in [9.17, 15) is 20.1 Å². The first kappa shape index (κ1) is 23.0. The molecule has 8 atom stereocenters. The van der Waals surface area contributed by atoms with Gasteiger partial charge in [0, 0.05) is 17.8 Å². The van der Waals surface area contributed by atoms with E-state index in [4.69, 9.17) is 0 Å². The van der Waals surface area contributed by atoms with Crippen LogP contribution in [0.5, 0.6) is 0 Å². The van der Waals surface area contributed by atoms with E-state index in [2.05, 4.69) is 28.1 Å². The minimum Gasteiger partial charge on any atom is -0.393 e. The molecule has 0 amide bonds. The van der Waals surface area contributed by atoms with Gasteiger partial charge in [-0.2, -0.15) is 9.78 Å². The Morgan fingerprint density at radius 3 is 2.71 bits per heavy atom. The smallest absolute Gasteiger partial charge is 0.251 e. The van der Waals surface area contributed by atoms with Crippen LogP contribution in [-0.4, -0.2) is 59.2 Å². The van der Waals surface area contributed by atoms with Crippen molar-refractivity contribution in [2.75, 3.05) is 6.61 Å². The maximum Gasteiger partial charge on any atom is 0.251 e. The zero-order valence-electron chi connectivity index (χ0n) is 20.6. The summed E-state index contributed by atoms with van der Waals surface area (Å²) in [6, 6.07) is 1.79. The van der Waals surface area contributed by atoms with Crippen LogP contribution >= 0.6 is 0 Å². The van der Waals surface area contributed by atoms with E-state index in [0.717, 1.165) is 36.9 Å². The van der Waals surface area contributed by atoms with Crippen LogP contribution in [0.3, 0.4) is 0 Å². The number of aliphatic hydroxyl groups excluding tert-OH is 2. The fraction of sp³-hybridized carbons (Fsp3) is 0.630. The van der Waals surface area contributed by atoms with Crippen LogP contribution in [0.15, 0.2) is 30.2 Å². The molecule has 4 aliphatic carbocycles. The summed E-state index contributed by atoms with van der Waals surface area (Å²) in [5.41, 5.74) is 0.865. The number of carbonyl (C=O) groups excluding carboxylic acids is 1. The Morgan fingerprint density at radius 1 is 1.26 bits per heavy atom. The van der Waals surface area contributed by atoms with Crippen molar-refractivity contribution in [3.63, 3.8) is 0 Å². The molecule has 4 aliphatic rings. The molecule has 0 aliphatic heterocycles. The largest absolute Gasteiger partial charge is 0.393 e. The third-order valence-electron chi connectivity index (χ3n) is 10.3. The van der Waals surface area contributed by atoms with E-state index in [0.29, 0.717) is 12.4 Å². The first-order chi connectivity index (χ1) is 16.6. The molecule has 0 bridgehead atoms. The highest BCUT2D eigenvalue weighted by atomic mass is 16.3. The number of carbonyl (C=O) groups is 1. The summed E-state index contributed by atoms with van der Waals surface area (Å²) < 4.78 is 1.79. The fourth-order valence-electron chi connectivity index (χ4n) is 8.79. The van der Waals surface area contributed by atoms with Gasteiger partial charge in [-0.3, -0.25) is 4.79 Å². The van der Waals surface area contributed by atoms with Crippen molar-refractivity contribution in [2.45, 2.75) is 64.6 Å². The van der Waals surface area contributed by atoms with Gasteiger partial charge < -0.3 is 15.3 Å². The molecule has 3 N–H and O–H groups in total. The summed E-state index contributed by atoms with van der Waals surface area (Å²) in [5.74, 6) is 0.124. The van der Waals surface area contributed by atoms with Crippen molar-refractivity contribution in [1.82, 2.24) is 19.7 Å². The Kier molecular flexibility index (Phi) is 4.96. The van der Waals surface area contributed by atoms with Crippen molar-refractivity contribution in [3.05, 3.63) is 41.5 Å². The molecule has 8 heteroatoms. The number of aromatic nitrogens is 4. The van der Waals surface area contributed by atoms with Gasteiger partial charge in [0.1, 0.15) is 12.2 Å². The summed E-state index contributed by atoms with van der Waals surface area (Å²) >= 11 is 0. The Bertz CT molecular complexity index is 1210. The minimum atomic E-state index is -1.61. The summed E-state index contributed by atoms with van der Waals surface area (Å²) in [5, 5.41) is 37.6. The molecule has 35 heavy (non-hydrogen) atoms. The lowest BCUT2D eigenvalue weighted by molar-refractivity contribution is -0.186. The number of aliphatic hydroxyl groups is 3. The number of ketones is 1. The summed E-state index contributed by atoms with van der Waals surface area (Å²) in [4.78, 5) is 21.5. The third-order valence-corrected chi connectivity index (χ3v) is 10.3. The van der Waals surface area contributed by atoms with Gasteiger partial charge in [0.05, 0.1) is 18.0 Å². The standard InChI is InChI=1S/C27H34N4O4/c1-15-9-19-18-6-5-17-10-20-16(13-30-31(20)24-28-7-4-8-29-24)11-25(17,2)23(18)21(33)12-26(19,3)27(15,35)22(34)14-32/h4,7-8,10,13,15,18-19,21,23,32-33,35H,5-6,9,11-12,14H2,1-3H3/t15-,18+,19+,21+,23-,25+,26+,27+/m1/s1. The maximum absolute atomic E-state index is 12.8. The molecule has 0 aromatic carbocycles. The molecule has 6 rings (SSSR count). The normalized spacial score (nSPS) is 41.9. The van der Waals surface area contributed by atoms with Gasteiger partial charge in [0.25, 0.3) is 5.95 Å². The Morgan fingerprint density at radius 2 is 2.00 bits per heavy atom. The lowest BCUT2D eigenvalue weighted by atomic mass is 9.45. The maximum atomic E-state index is 12.8. The summed E-state index contributed by atoms with van der Waals surface area (Å²) in [6.07, 6.45) is 10.6. The van der Waals surface area contributed by atoms with Crippen LogP contribution < -0.4 is 0 Å². The van der Waals surface area contributed by atoms with Gasteiger partial charge in [-0.05, 0) is 78.9 Å². The highest BCUT2D eigenvalue weighted by Crippen LogP contribution is 2.68. The molecule has 8 nitrogen and oxygen atoms in total. The monoisotopic (exact) mass is 478 g/mol. The van der Waals surface area contributed by atoms with Gasteiger partial charge in [-0.1, -0.05) is 26.3 Å². The number of nitrogens with zero attached hydrogens (tertiary/aromatic N) is 4. The van der Waals surface area contributed by atoms with Crippen LogP contribution in [-0.2, 0) is 11.2 Å². The average Bonchev–Trinajstić information content (AvgIpc) is 3.33. The Balaban J connectivity index is 1.39. The quantitative estimate of drug-likeness (QED) is 0.619. The lowest BCUT2D eigenvalue weighted by Gasteiger charge is -2.60. The molecule has 0 saturated heterocycles. The van der Waals surface area contributed by atoms with Gasteiger partial charge in [0.15, 0.2) is 5.78 Å². The van der Waals surface area contributed by atoms with Crippen molar-refractivity contribution in [1.29, 1.82) is 0 Å². The highest BCUT2D eigenvalue weighted by molar-refractivity contribution is 5.90. The first-order valence-electron chi connectivity index (χ1n) is 12.7. The van der Waals surface area contributed by atoms with Gasteiger partial charge >= 0.3 is 0 Å². The second-order valence-electron chi connectivity index (χ2n) is 11.8. The topological polar surface area (TPSA) is 121 Å². The average molecular weight is 479 g/mol. The SMILES string of the molecule is C[C@@H]1C[C@H]2[C@@H]3CCC4=Cc5c(cnn5-c5ncccn5)C[C@]4(C)[C@H]3[C@@H](O)C[C@]2(C)[C@@]1(O)C(=O)CO. The van der Waals surface area contributed by atoms with Crippen molar-refractivity contribution in [2.24, 2.45) is 34.5 Å². The zero-order valence-corrected chi connectivity index (χ0v) is 20.6. The van der Waals surface area contributed by atoms with E-state index in [1.165, 1.54) is 5.57 Å². The number of Topliss-reactive ketones (excluding diaryl/α,β-unsaturated/α-hetero) is 1. The molecule has 2 aromatic rings. The predicted octanol–water partition coefficient (Wildman–Crippen LogP) is 2.35. The number of fused-ring (bicyclic) bond motifs is 6. The second kappa shape index (κ2) is 7.54. The number of allylic oxidation sites excluding steroid dienone is 1. The Hall–Kier alpha value is -2.42. The highest BCUT2D eigenvalue weighted by Gasteiger charge is 2.70. The molecular weight excluding hydrogens is 444 g/mol. The van der Waals surface area contributed by atoms with Crippen LogP contribution in [0, 0.1) is 34.5 Å². The fourth-order valence-corrected chi connectivity index (χ4v) is 8.79. The molecular formula is C27H34N4O4. The van der Waals surface area contributed by atoms with Gasteiger partial charge in [-0.25, -0.2) is 9.97 Å².